The van der Waals surface area contributed by atoms with E-state index in [2.05, 4.69) is 4.98 Å². The summed E-state index contributed by atoms with van der Waals surface area (Å²) in [5.41, 5.74) is 0.254. The molecule has 0 N–H and O–H groups in total. The largest absolute Gasteiger partial charge is 0.473 e. The Morgan fingerprint density at radius 1 is 1.21 bits per heavy atom. The normalized spacial score (nSPS) is 20.9. The first-order valence-corrected chi connectivity index (χ1v) is 9.46. The lowest BCUT2D eigenvalue weighted by Crippen LogP contribution is -2.45. The molecule has 3 atom stereocenters. The minimum absolute atomic E-state index is 0.152. The molecule has 2 rings (SSSR count). The van der Waals surface area contributed by atoms with Gasteiger partial charge in [-0.15, -0.1) is 0 Å². The lowest BCUT2D eigenvalue weighted by molar-refractivity contribution is -0.168. The molecule has 9 nitrogen and oxygen atoms in total. The summed E-state index contributed by atoms with van der Waals surface area (Å²) in [6.45, 7) is 5.31. The van der Waals surface area contributed by atoms with Crippen molar-refractivity contribution in [2.24, 2.45) is 5.92 Å². The smallest absolute Gasteiger partial charge is 0.307 e. The lowest BCUT2D eigenvalue weighted by Gasteiger charge is -2.37. The quantitative estimate of drug-likeness (QED) is 0.500. The highest BCUT2D eigenvalue weighted by molar-refractivity contribution is 8.03. The predicted octanol–water partition coefficient (Wildman–Crippen LogP) is 2.31. The SMILES string of the molecule is CC(=O)OCC1OC(Sc2ccc(C#N)nc2)=C(OC(C)=O)C(C)[C@H]1OC(C)=O. The standard InChI is InChI=1S/C19H20N2O7S/c1-10-17(26-12(3)23)16(9-25-11(2)22)28-19(18(10)27-13(4)24)29-15-6-5-14(7-20)21-8-15/h5-6,8,10,16-17H,9H2,1-4H3/t10?,16?,17-/m1/s1. The number of nitriles is 1. The zero-order valence-corrected chi connectivity index (χ0v) is 17.1. The third-order valence-corrected chi connectivity index (χ3v) is 4.76. The van der Waals surface area contributed by atoms with Crippen LogP contribution < -0.4 is 0 Å². The highest BCUT2D eigenvalue weighted by Crippen LogP contribution is 2.40. The Labute approximate surface area is 172 Å². The van der Waals surface area contributed by atoms with Crippen molar-refractivity contribution in [1.82, 2.24) is 4.98 Å². The first kappa shape index (κ1) is 22.2. The predicted molar refractivity (Wildman–Crippen MR) is 99.8 cm³/mol. The summed E-state index contributed by atoms with van der Waals surface area (Å²) in [4.78, 5) is 39.0. The van der Waals surface area contributed by atoms with Crippen molar-refractivity contribution in [3.8, 4) is 6.07 Å². The topological polar surface area (TPSA) is 125 Å². The summed E-state index contributed by atoms with van der Waals surface area (Å²) in [5, 5.41) is 9.12. The third kappa shape index (κ3) is 6.22. The number of carbonyl (C=O) groups excluding carboxylic acids is 3. The number of hydrogen-bond donors (Lipinski definition) is 0. The molecule has 2 unspecified atom stereocenters. The second kappa shape index (κ2) is 9.93. The van der Waals surface area contributed by atoms with Crippen LogP contribution in [0.5, 0.6) is 0 Å². The molecule has 0 aromatic carbocycles. The average molecular weight is 420 g/mol. The molecule has 1 aromatic heterocycles. The maximum Gasteiger partial charge on any atom is 0.307 e. The van der Waals surface area contributed by atoms with E-state index >= 15 is 0 Å². The zero-order chi connectivity index (χ0) is 21.6. The number of ether oxygens (including phenoxy) is 4. The van der Waals surface area contributed by atoms with Crippen LogP contribution in [-0.2, 0) is 33.3 Å². The second-order valence-corrected chi connectivity index (χ2v) is 7.21. The van der Waals surface area contributed by atoms with E-state index in [1.807, 2.05) is 6.07 Å². The first-order valence-electron chi connectivity index (χ1n) is 8.65. The molecule has 1 aliphatic heterocycles. The van der Waals surface area contributed by atoms with Crippen LogP contribution in [-0.4, -0.2) is 41.7 Å². The molecule has 0 bridgehead atoms. The van der Waals surface area contributed by atoms with Gasteiger partial charge in [-0.3, -0.25) is 14.4 Å². The van der Waals surface area contributed by atoms with E-state index in [1.54, 1.807) is 19.1 Å². The maximum absolute atomic E-state index is 11.6. The van der Waals surface area contributed by atoms with E-state index in [9.17, 15) is 14.4 Å². The fourth-order valence-corrected chi connectivity index (χ4v) is 3.55. The molecule has 0 saturated heterocycles. The van der Waals surface area contributed by atoms with Gasteiger partial charge in [0.1, 0.15) is 18.4 Å². The van der Waals surface area contributed by atoms with Gasteiger partial charge >= 0.3 is 17.9 Å². The molecule has 1 aliphatic rings. The minimum Gasteiger partial charge on any atom is -0.473 e. The Kier molecular flexibility index (Phi) is 7.61. The third-order valence-electron chi connectivity index (χ3n) is 3.80. The summed E-state index contributed by atoms with van der Waals surface area (Å²) in [5.74, 6) is -1.98. The Morgan fingerprint density at radius 2 is 1.93 bits per heavy atom. The molecular weight excluding hydrogens is 400 g/mol. The number of carbonyl (C=O) groups is 3. The van der Waals surface area contributed by atoms with Crippen molar-refractivity contribution >= 4 is 29.7 Å². The average Bonchev–Trinajstić information content (AvgIpc) is 2.65. The number of hydrogen-bond acceptors (Lipinski definition) is 10. The lowest BCUT2D eigenvalue weighted by atomic mass is 9.96. The van der Waals surface area contributed by atoms with Gasteiger partial charge in [-0.05, 0) is 23.9 Å². The van der Waals surface area contributed by atoms with Gasteiger partial charge in [-0.25, -0.2) is 4.98 Å². The van der Waals surface area contributed by atoms with E-state index in [4.69, 9.17) is 24.2 Å². The fourth-order valence-electron chi connectivity index (χ4n) is 2.60. The van der Waals surface area contributed by atoms with Gasteiger partial charge < -0.3 is 18.9 Å². The van der Waals surface area contributed by atoms with Crippen molar-refractivity contribution in [1.29, 1.82) is 5.26 Å². The molecule has 1 aromatic rings. The van der Waals surface area contributed by atoms with Crippen LogP contribution in [0.3, 0.4) is 0 Å². The van der Waals surface area contributed by atoms with Crippen LogP contribution in [0.25, 0.3) is 0 Å². The monoisotopic (exact) mass is 420 g/mol. The van der Waals surface area contributed by atoms with Gasteiger partial charge in [-0.2, -0.15) is 5.26 Å². The molecule has 29 heavy (non-hydrogen) atoms. The number of pyridine rings is 1. The van der Waals surface area contributed by atoms with Crippen LogP contribution >= 0.6 is 11.8 Å². The van der Waals surface area contributed by atoms with Gasteiger partial charge in [0.15, 0.2) is 23.1 Å². The molecule has 0 fully saturated rings. The summed E-state index contributed by atoms with van der Waals surface area (Å²) in [6.07, 6.45) is -0.148. The number of aromatic nitrogens is 1. The highest BCUT2D eigenvalue weighted by Gasteiger charge is 2.42. The van der Waals surface area contributed by atoms with Gasteiger partial charge in [-0.1, -0.05) is 6.92 Å². The Bertz CT molecular complexity index is 860. The Balaban J connectivity index is 2.39. The molecule has 2 heterocycles. The summed E-state index contributed by atoms with van der Waals surface area (Å²) >= 11 is 1.12. The molecule has 0 amide bonds. The molecule has 0 aliphatic carbocycles. The van der Waals surface area contributed by atoms with E-state index in [0.29, 0.717) is 4.90 Å². The van der Waals surface area contributed by atoms with Crippen molar-refractivity contribution in [2.45, 2.75) is 44.8 Å². The number of rotatable bonds is 6. The summed E-state index contributed by atoms with van der Waals surface area (Å²) in [7, 11) is 0. The van der Waals surface area contributed by atoms with Crippen LogP contribution in [0.15, 0.2) is 34.1 Å². The van der Waals surface area contributed by atoms with Crippen molar-refractivity contribution < 1.29 is 33.3 Å². The molecule has 0 spiro atoms. The number of esters is 3. The zero-order valence-electron chi connectivity index (χ0n) is 16.3. The molecule has 0 saturated carbocycles. The van der Waals surface area contributed by atoms with E-state index in [-0.39, 0.29) is 23.2 Å². The molecule has 0 radical (unpaired) electrons. The number of thioether (sulfide) groups is 1. The van der Waals surface area contributed by atoms with Gasteiger partial charge in [0, 0.05) is 31.9 Å². The van der Waals surface area contributed by atoms with Crippen molar-refractivity contribution in [3.63, 3.8) is 0 Å². The first-order chi connectivity index (χ1) is 13.7. The van der Waals surface area contributed by atoms with Gasteiger partial charge in [0.2, 0.25) is 0 Å². The Morgan fingerprint density at radius 3 is 2.45 bits per heavy atom. The molecule has 154 valence electrons. The summed E-state index contributed by atoms with van der Waals surface area (Å²) < 4.78 is 21.6. The van der Waals surface area contributed by atoms with Crippen LogP contribution in [0, 0.1) is 17.2 Å². The van der Waals surface area contributed by atoms with Crippen LogP contribution in [0.4, 0.5) is 0 Å². The Hall–Kier alpha value is -3.06. The second-order valence-electron chi connectivity index (χ2n) is 6.16. The van der Waals surface area contributed by atoms with E-state index in [1.165, 1.54) is 27.0 Å². The number of nitrogens with zero attached hydrogens (tertiary/aromatic N) is 2. The minimum atomic E-state index is -0.829. The molecule has 10 heteroatoms. The maximum atomic E-state index is 11.6. The van der Waals surface area contributed by atoms with Gasteiger partial charge in [0.25, 0.3) is 0 Å². The molecular formula is C19H20N2O7S. The fraction of sp³-hybridized carbons (Fsp3) is 0.421. The van der Waals surface area contributed by atoms with Crippen LogP contribution in [0.1, 0.15) is 33.4 Å². The van der Waals surface area contributed by atoms with Gasteiger partial charge in [0.05, 0.1) is 5.92 Å². The van der Waals surface area contributed by atoms with E-state index < -0.39 is 36.0 Å². The van der Waals surface area contributed by atoms with Crippen molar-refractivity contribution in [2.75, 3.05) is 6.61 Å². The van der Waals surface area contributed by atoms with Crippen molar-refractivity contribution in [3.05, 3.63) is 34.9 Å². The van der Waals surface area contributed by atoms with Crippen LogP contribution in [0.2, 0.25) is 0 Å². The summed E-state index contributed by atoms with van der Waals surface area (Å²) in [6, 6.07) is 5.14. The van der Waals surface area contributed by atoms with E-state index in [0.717, 1.165) is 11.8 Å². The highest BCUT2D eigenvalue weighted by atomic mass is 32.2.